The fourth-order valence-corrected chi connectivity index (χ4v) is 2.07. The molecule has 0 aliphatic rings. The molecule has 2 aromatic rings. The van der Waals surface area contributed by atoms with E-state index in [9.17, 15) is 13.6 Å². The number of nitrogens with one attached hydrogen (secondary N) is 1. The minimum absolute atomic E-state index is 0.0297. The number of hydrogen-bond acceptors (Lipinski definition) is 2. The van der Waals surface area contributed by atoms with E-state index in [1.807, 2.05) is 0 Å². The lowest BCUT2D eigenvalue weighted by Gasteiger charge is -2.15. The van der Waals surface area contributed by atoms with E-state index >= 15 is 0 Å². The van der Waals surface area contributed by atoms with Crippen molar-refractivity contribution in [3.8, 4) is 0 Å². The van der Waals surface area contributed by atoms with Crippen molar-refractivity contribution in [3.05, 3.63) is 65.2 Å². The topological polar surface area (TPSA) is 55.1 Å². The number of hydrogen-bond donors (Lipinski definition) is 2. The van der Waals surface area contributed by atoms with Gasteiger partial charge in [-0.1, -0.05) is 12.1 Å². The average molecular weight is 290 g/mol. The van der Waals surface area contributed by atoms with Gasteiger partial charge in [0, 0.05) is 22.9 Å². The Morgan fingerprint density at radius 1 is 1.19 bits per heavy atom. The Balaban J connectivity index is 2.05. The van der Waals surface area contributed by atoms with Gasteiger partial charge in [0.25, 0.3) is 5.91 Å². The molecule has 2 aromatic carbocycles. The van der Waals surface area contributed by atoms with E-state index in [2.05, 4.69) is 5.32 Å². The van der Waals surface area contributed by atoms with Gasteiger partial charge >= 0.3 is 0 Å². The van der Waals surface area contributed by atoms with Gasteiger partial charge in [0.1, 0.15) is 11.6 Å². The van der Waals surface area contributed by atoms with Gasteiger partial charge in [-0.05, 0) is 43.7 Å². The molecule has 5 heteroatoms. The molecule has 1 unspecified atom stereocenters. The molecule has 1 amide bonds. The number of benzene rings is 2. The molecule has 3 N–H and O–H groups in total. The minimum atomic E-state index is -0.611. The van der Waals surface area contributed by atoms with Gasteiger partial charge in [-0.3, -0.25) is 4.79 Å². The fourth-order valence-electron chi connectivity index (χ4n) is 2.07. The number of anilines is 1. The molecule has 0 aliphatic heterocycles. The number of halogens is 2. The summed E-state index contributed by atoms with van der Waals surface area (Å²) in [5, 5.41) is 2.70. The Morgan fingerprint density at radius 2 is 1.81 bits per heavy atom. The van der Waals surface area contributed by atoms with Gasteiger partial charge in [-0.15, -0.1) is 0 Å². The van der Waals surface area contributed by atoms with Gasteiger partial charge < -0.3 is 11.1 Å². The Morgan fingerprint density at radius 3 is 2.43 bits per heavy atom. The van der Waals surface area contributed by atoms with Gasteiger partial charge in [0.05, 0.1) is 0 Å². The average Bonchev–Trinajstić information content (AvgIpc) is 2.43. The van der Waals surface area contributed by atoms with Crippen LogP contribution in [0.15, 0.2) is 42.5 Å². The maximum absolute atomic E-state index is 13.6. The zero-order chi connectivity index (χ0) is 15.4. The Hall–Kier alpha value is -2.43. The van der Waals surface area contributed by atoms with Crippen molar-refractivity contribution >= 4 is 11.6 Å². The quantitative estimate of drug-likeness (QED) is 0.851. The van der Waals surface area contributed by atoms with Gasteiger partial charge in [0.2, 0.25) is 0 Å². The summed E-state index contributed by atoms with van der Waals surface area (Å²) < 4.78 is 27.1. The molecule has 0 aliphatic carbocycles. The lowest BCUT2D eigenvalue weighted by molar-refractivity contribution is 0.0939. The van der Waals surface area contributed by atoms with Crippen molar-refractivity contribution in [2.45, 2.75) is 19.4 Å². The first-order valence-electron chi connectivity index (χ1n) is 6.56. The molecule has 0 saturated heterocycles. The van der Waals surface area contributed by atoms with Crippen molar-refractivity contribution < 1.29 is 13.6 Å². The molecule has 0 bridgehead atoms. The molecule has 0 saturated carbocycles. The normalized spacial score (nSPS) is 12.0. The van der Waals surface area contributed by atoms with Crippen LogP contribution < -0.4 is 11.1 Å². The summed E-state index contributed by atoms with van der Waals surface area (Å²) in [5.74, 6) is -1.55. The summed E-state index contributed by atoms with van der Waals surface area (Å²) in [4.78, 5) is 12.0. The molecule has 21 heavy (non-hydrogen) atoms. The zero-order valence-corrected chi connectivity index (χ0v) is 11.6. The second kappa shape index (κ2) is 6.35. The van der Waals surface area contributed by atoms with Crippen LogP contribution in [-0.2, 0) is 6.42 Å². The SMILES string of the molecule is CC(Cc1c(F)cccc1F)NC(=O)c1cccc(N)c1. The summed E-state index contributed by atoms with van der Waals surface area (Å²) >= 11 is 0. The zero-order valence-electron chi connectivity index (χ0n) is 11.6. The fraction of sp³-hybridized carbons (Fsp3) is 0.188. The van der Waals surface area contributed by atoms with Crippen LogP contribution in [0.3, 0.4) is 0 Å². The number of amides is 1. The Kier molecular flexibility index (Phi) is 4.52. The molecule has 0 aromatic heterocycles. The summed E-state index contributed by atoms with van der Waals surface area (Å²) in [5.41, 5.74) is 6.48. The van der Waals surface area contributed by atoms with Crippen LogP contribution in [0.5, 0.6) is 0 Å². The Labute approximate surface area is 121 Å². The number of nitrogens with two attached hydrogens (primary N) is 1. The predicted molar refractivity (Wildman–Crippen MR) is 77.8 cm³/mol. The molecular formula is C16H16F2N2O. The lowest BCUT2D eigenvalue weighted by Crippen LogP contribution is -2.34. The summed E-state index contributed by atoms with van der Waals surface area (Å²) in [7, 11) is 0. The molecule has 0 heterocycles. The van der Waals surface area contributed by atoms with Gasteiger partial charge in [-0.25, -0.2) is 8.78 Å². The first-order chi connectivity index (χ1) is 9.97. The highest BCUT2D eigenvalue weighted by molar-refractivity contribution is 5.95. The molecular weight excluding hydrogens is 274 g/mol. The molecule has 110 valence electrons. The van der Waals surface area contributed by atoms with E-state index in [-0.39, 0.29) is 17.9 Å². The monoisotopic (exact) mass is 290 g/mol. The highest BCUT2D eigenvalue weighted by atomic mass is 19.1. The molecule has 3 nitrogen and oxygen atoms in total. The van der Waals surface area contributed by atoms with Crippen LogP contribution in [0, 0.1) is 11.6 Å². The first-order valence-corrected chi connectivity index (χ1v) is 6.56. The number of carbonyl (C=O) groups is 1. The largest absolute Gasteiger partial charge is 0.399 e. The van der Waals surface area contributed by atoms with Crippen molar-refractivity contribution in [1.82, 2.24) is 5.32 Å². The second-order valence-electron chi connectivity index (χ2n) is 4.90. The summed E-state index contributed by atoms with van der Waals surface area (Å²) in [6.07, 6.45) is 0.0760. The van der Waals surface area contributed by atoms with Crippen LogP contribution in [0.2, 0.25) is 0 Å². The summed E-state index contributed by atoms with van der Waals surface area (Å²) in [6, 6.07) is 9.82. The maximum atomic E-state index is 13.6. The third-order valence-corrected chi connectivity index (χ3v) is 3.10. The van der Waals surface area contributed by atoms with Crippen molar-refractivity contribution in [3.63, 3.8) is 0 Å². The third kappa shape index (κ3) is 3.78. The van der Waals surface area contributed by atoms with E-state index < -0.39 is 17.7 Å². The molecule has 0 radical (unpaired) electrons. The van der Waals surface area contributed by atoms with E-state index in [0.717, 1.165) is 0 Å². The van der Waals surface area contributed by atoms with E-state index in [1.165, 1.54) is 18.2 Å². The van der Waals surface area contributed by atoms with Crippen LogP contribution in [0.25, 0.3) is 0 Å². The second-order valence-corrected chi connectivity index (χ2v) is 4.90. The number of carbonyl (C=O) groups excluding carboxylic acids is 1. The molecule has 2 rings (SSSR count). The van der Waals surface area contributed by atoms with Crippen LogP contribution >= 0.6 is 0 Å². The smallest absolute Gasteiger partial charge is 0.251 e. The van der Waals surface area contributed by atoms with Crippen molar-refractivity contribution in [2.24, 2.45) is 0 Å². The highest BCUT2D eigenvalue weighted by Crippen LogP contribution is 2.14. The number of rotatable bonds is 4. The van der Waals surface area contributed by atoms with E-state index in [1.54, 1.807) is 31.2 Å². The van der Waals surface area contributed by atoms with Crippen LogP contribution in [0.4, 0.5) is 14.5 Å². The number of nitrogen functional groups attached to an aromatic ring is 1. The van der Waals surface area contributed by atoms with E-state index in [0.29, 0.717) is 11.3 Å². The van der Waals surface area contributed by atoms with Crippen LogP contribution in [-0.4, -0.2) is 11.9 Å². The van der Waals surface area contributed by atoms with Gasteiger partial charge in [0.15, 0.2) is 0 Å². The Bertz CT molecular complexity index is 638. The summed E-state index contributed by atoms with van der Waals surface area (Å²) in [6.45, 7) is 1.69. The standard InChI is InChI=1S/C16H16F2N2O/c1-10(8-13-14(17)6-3-7-15(13)18)20-16(21)11-4-2-5-12(19)9-11/h2-7,9-10H,8,19H2,1H3,(H,20,21). The molecule has 1 atom stereocenters. The molecule has 0 fully saturated rings. The highest BCUT2D eigenvalue weighted by Gasteiger charge is 2.15. The predicted octanol–water partition coefficient (Wildman–Crippen LogP) is 2.91. The van der Waals surface area contributed by atoms with Crippen molar-refractivity contribution in [1.29, 1.82) is 0 Å². The van der Waals surface area contributed by atoms with E-state index in [4.69, 9.17) is 5.73 Å². The van der Waals surface area contributed by atoms with Gasteiger partial charge in [-0.2, -0.15) is 0 Å². The van der Waals surface area contributed by atoms with Crippen molar-refractivity contribution in [2.75, 3.05) is 5.73 Å². The first kappa shape index (κ1) is 15.0. The third-order valence-electron chi connectivity index (χ3n) is 3.10. The molecule has 0 spiro atoms. The minimum Gasteiger partial charge on any atom is -0.399 e. The lowest BCUT2D eigenvalue weighted by atomic mass is 10.1. The maximum Gasteiger partial charge on any atom is 0.251 e. The van der Waals surface area contributed by atoms with Crippen LogP contribution in [0.1, 0.15) is 22.8 Å².